The van der Waals surface area contributed by atoms with Crippen LogP contribution in [0.2, 0.25) is 5.02 Å². The minimum absolute atomic E-state index is 0.103. The van der Waals surface area contributed by atoms with Crippen LogP contribution in [0.25, 0.3) is 0 Å². The molecular formula is C18H17ClFN5O. The SMILES string of the molecule is CC(Cc1ccccn1)NC(=O)c1cn(Cc2ccc(F)cc2Cl)nn1. The van der Waals surface area contributed by atoms with Gasteiger partial charge in [-0.15, -0.1) is 5.10 Å². The lowest BCUT2D eigenvalue weighted by Gasteiger charge is -2.12. The van der Waals surface area contributed by atoms with Gasteiger partial charge in [0, 0.05) is 29.4 Å². The van der Waals surface area contributed by atoms with Crippen LogP contribution in [0, 0.1) is 5.82 Å². The molecule has 8 heteroatoms. The minimum atomic E-state index is -0.403. The Kier molecular flexibility index (Phi) is 5.58. The van der Waals surface area contributed by atoms with Crippen molar-refractivity contribution in [3.8, 4) is 0 Å². The summed E-state index contributed by atoms with van der Waals surface area (Å²) in [6.07, 6.45) is 3.87. The molecule has 0 aliphatic heterocycles. The van der Waals surface area contributed by atoms with Gasteiger partial charge in [-0.3, -0.25) is 9.78 Å². The number of benzene rings is 1. The van der Waals surface area contributed by atoms with Gasteiger partial charge < -0.3 is 5.32 Å². The van der Waals surface area contributed by atoms with E-state index in [4.69, 9.17) is 11.6 Å². The number of aromatic nitrogens is 4. The number of hydrogen-bond donors (Lipinski definition) is 1. The summed E-state index contributed by atoms with van der Waals surface area (Å²) in [6, 6.07) is 9.70. The molecule has 1 atom stereocenters. The second kappa shape index (κ2) is 8.05. The van der Waals surface area contributed by atoms with Crippen molar-refractivity contribution in [2.75, 3.05) is 0 Å². The van der Waals surface area contributed by atoms with E-state index in [1.54, 1.807) is 12.3 Å². The molecule has 0 bridgehead atoms. The second-order valence-electron chi connectivity index (χ2n) is 5.94. The van der Waals surface area contributed by atoms with E-state index >= 15 is 0 Å². The Morgan fingerprint density at radius 2 is 2.19 bits per heavy atom. The number of halogens is 2. The molecule has 0 saturated carbocycles. The van der Waals surface area contributed by atoms with Crippen molar-refractivity contribution in [2.45, 2.75) is 25.9 Å². The van der Waals surface area contributed by atoms with Gasteiger partial charge in [-0.05, 0) is 36.8 Å². The number of amides is 1. The van der Waals surface area contributed by atoms with Gasteiger partial charge in [-0.25, -0.2) is 9.07 Å². The van der Waals surface area contributed by atoms with E-state index in [1.807, 2.05) is 25.1 Å². The Balaban J connectivity index is 1.60. The Bertz CT molecular complexity index is 900. The summed E-state index contributed by atoms with van der Waals surface area (Å²) < 4.78 is 14.6. The molecule has 1 amide bonds. The second-order valence-corrected chi connectivity index (χ2v) is 6.34. The van der Waals surface area contributed by atoms with Gasteiger partial charge in [0.15, 0.2) is 5.69 Å². The number of pyridine rings is 1. The molecule has 0 spiro atoms. The number of carbonyl (C=O) groups is 1. The number of hydrogen-bond acceptors (Lipinski definition) is 4. The van der Waals surface area contributed by atoms with Gasteiger partial charge in [0.25, 0.3) is 5.91 Å². The fourth-order valence-corrected chi connectivity index (χ4v) is 2.71. The molecule has 0 radical (unpaired) electrons. The molecule has 0 aliphatic carbocycles. The zero-order valence-electron chi connectivity index (χ0n) is 14.1. The molecule has 1 N–H and O–H groups in total. The maximum absolute atomic E-state index is 13.1. The van der Waals surface area contributed by atoms with Crippen molar-refractivity contribution in [1.82, 2.24) is 25.3 Å². The highest BCUT2D eigenvalue weighted by Gasteiger charge is 2.15. The zero-order chi connectivity index (χ0) is 18.5. The van der Waals surface area contributed by atoms with E-state index in [1.165, 1.54) is 23.0 Å². The highest BCUT2D eigenvalue weighted by molar-refractivity contribution is 6.31. The lowest BCUT2D eigenvalue weighted by Crippen LogP contribution is -2.34. The van der Waals surface area contributed by atoms with Gasteiger partial charge in [0.1, 0.15) is 5.82 Å². The third kappa shape index (κ3) is 4.64. The molecule has 2 aromatic heterocycles. The van der Waals surface area contributed by atoms with Crippen LogP contribution in [0.3, 0.4) is 0 Å². The van der Waals surface area contributed by atoms with Gasteiger partial charge in [-0.2, -0.15) is 0 Å². The van der Waals surface area contributed by atoms with Crippen LogP contribution in [0.5, 0.6) is 0 Å². The van der Waals surface area contributed by atoms with Gasteiger partial charge in [0.05, 0.1) is 12.7 Å². The topological polar surface area (TPSA) is 72.7 Å². The molecule has 1 unspecified atom stereocenters. The Labute approximate surface area is 155 Å². The lowest BCUT2D eigenvalue weighted by atomic mass is 10.1. The Hall–Kier alpha value is -2.80. The van der Waals surface area contributed by atoms with E-state index < -0.39 is 5.82 Å². The van der Waals surface area contributed by atoms with Crippen molar-refractivity contribution in [3.63, 3.8) is 0 Å². The third-order valence-corrected chi connectivity index (χ3v) is 4.09. The van der Waals surface area contributed by atoms with Crippen molar-refractivity contribution >= 4 is 17.5 Å². The Morgan fingerprint density at radius 3 is 2.92 bits per heavy atom. The summed E-state index contributed by atoms with van der Waals surface area (Å²) in [5, 5.41) is 11.0. The molecule has 0 aliphatic rings. The first-order chi connectivity index (χ1) is 12.5. The monoisotopic (exact) mass is 373 g/mol. The lowest BCUT2D eigenvalue weighted by molar-refractivity contribution is 0.0935. The molecular weight excluding hydrogens is 357 g/mol. The van der Waals surface area contributed by atoms with Crippen LogP contribution in [-0.2, 0) is 13.0 Å². The predicted molar refractivity (Wildman–Crippen MR) is 95.4 cm³/mol. The first kappa shape index (κ1) is 18.0. The zero-order valence-corrected chi connectivity index (χ0v) is 14.8. The fourth-order valence-electron chi connectivity index (χ4n) is 2.49. The van der Waals surface area contributed by atoms with Gasteiger partial charge in [-0.1, -0.05) is 28.9 Å². The van der Waals surface area contributed by atoms with Crippen LogP contribution in [0.15, 0.2) is 48.8 Å². The van der Waals surface area contributed by atoms with Crippen LogP contribution in [0.4, 0.5) is 4.39 Å². The summed E-state index contributed by atoms with van der Waals surface area (Å²) in [4.78, 5) is 16.5. The summed E-state index contributed by atoms with van der Waals surface area (Å²) in [5.41, 5.74) is 1.79. The van der Waals surface area contributed by atoms with Gasteiger partial charge in [0.2, 0.25) is 0 Å². The normalized spacial score (nSPS) is 12.0. The van der Waals surface area contributed by atoms with Crippen molar-refractivity contribution in [3.05, 3.63) is 76.6 Å². The minimum Gasteiger partial charge on any atom is -0.348 e. The van der Waals surface area contributed by atoms with Crippen LogP contribution >= 0.6 is 11.6 Å². The van der Waals surface area contributed by atoms with Gasteiger partial charge >= 0.3 is 0 Å². The van der Waals surface area contributed by atoms with E-state index in [0.29, 0.717) is 23.6 Å². The molecule has 3 rings (SSSR count). The molecule has 2 heterocycles. The Morgan fingerprint density at radius 1 is 1.35 bits per heavy atom. The van der Waals surface area contributed by atoms with Crippen molar-refractivity contribution in [1.29, 1.82) is 0 Å². The van der Waals surface area contributed by atoms with Crippen molar-refractivity contribution < 1.29 is 9.18 Å². The van der Waals surface area contributed by atoms with Crippen molar-refractivity contribution in [2.24, 2.45) is 0 Å². The highest BCUT2D eigenvalue weighted by Crippen LogP contribution is 2.18. The van der Waals surface area contributed by atoms with E-state index in [-0.39, 0.29) is 17.6 Å². The number of nitrogens with one attached hydrogen (secondary N) is 1. The molecule has 134 valence electrons. The molecule has 6 nitrogen and oxygen atoms in total. The molecule has 0 saturated heterocycles. The summed E-state index contributed by atoms with van der Waals surface area (Å²) in [6.45, 7) is 2.19. The maximum atomic E-state index is 13.1. The average molecular weight is 374 g/mol. The van der Waals surface area contributed by atoms with Crippen LogP contribution in [-0.4, -0.2) is 31.9 Å². The average Bonchev–Trinajstić information content (AvgIpc) is 3.07. The largest absolute Gasteiger partial charge is 0.348 e. The molecule has 3 aromatic rings. The van der Waals surface area contributed by atoms with E-state index in [0.717, 1.165) is 5.69 Å². The van der Waals surface area contributed by atoms with Crippen LogP contribution in [0.1, 0.15) is 28.7 Å². The number of carbonyl (C=O) groups excluding carboxylic acids is 1. The molecule has 0 fully saturated rings. The standard InChI is InChI=1S/C18H17ClFN5O/c1-12(8-15-4-2-3-7-21-15)22-18(26)17-11-25(24-23-17)10-13-5-6-14(20)9-16(13)19/h2-7,9,11-12H,8,10H2,1H3,(H,22,26). The number of rotatable bonds is 6. The molecule has 1 aromatic carbocycles. The number of nitrogens with zero attached hydrogens (tertiary/aromatic N) is 4. The first-order valence-corrected chi connectivity index (χ1v) is 8.44. The summed E-state index contributed by atoms with van der Waals surface area (Å²) >= 11 is 6.01. The van der Waals surface area contributed by atoms with Crippen LogP contribution < -0.4 is 5.32 Å². The smallest absolute Gasteiger partial charge is 0.273 e. The maximum Gasteiger partial charge on any atom is 0.273 e. The fraction of sp³-hybridized carbons (Fsp3) is 0.222. The van der Waals surface area contributed by atoms with E-state index in [2.05, 4.69) is 20.6 Å². The highest BCUT2D eigenvalue weighted by atomic mass is 35.5. The third-order valence-electron chi connectivity index (χ3n) is 3.74. The summed E-state index contributed by atoms with van der Waals surface area (Å²) in [7, 11) is 0. The predicted octanol–water partition coefficient (Wildman–Crippen LogP) is 2.87. The summed E-state index contributed by atoms with van der Waals surface area (Å²) in [5.74, 6) is -0.718. The molecule has 26 heavy (non-hydrogen) atoms. The first-order valence-electron chi connectivity index (χ1n) is 8.06. The van der Waals surface area contributed by atoms with E-state index in [9.17, 15) is 9.18 Å². The quantitative estimate of drug-likeness (QED) is 0.721.